The van der Waals surface area contributed by atoms with E-state index in [1.54, 1.807) is 18.2 Å². The highest BCUT2D eigenvalue weighted by molar-refractivity contribution is 14.1. The number of aromatic nitrogens is 1. The molecule has 6 heteroatoms. The molecule has 0 aliphatic heterocycles. The van der Waals surface area contributed by atoms with E-state index in [2.05, 4.69) is 32.9 Å². The van der Waals surface area contributed by atoms with Gasteiger partial charge in [0.05, 0.1) is 11.9 Å². The summed E-state index contributed by atoms with van der Waals surface area (Å²) in [6.07, 6.45) is 1.00. The fraction of sp³-hybridized carbons (Fsp3) is 0. The largest absolute Gasteiger partial charge is 0.320 e. The molecule has 0 spiro atoms. The summed E-state index contributed by atoms with van der Waals surface area (Å²) in [5.41, 5.74) is 0.790. The summed E-state index contributed by atoms with van der Waals surface area (Å²) in [6, 6.07) is 7.63. The maximum absolute atomic E-state index is 12.7. The first-order valence-corrected chi connectivity index (χ1v) is 6.40. The summed E-state index contributed by atoms with van der Waals surface area (Å²) in [5, 5.41) is 3.28. The molecule has 0 bridgehead atoms. The van der Waals surface area contributed by atoms with Gasteiger partial charge in [0, 0.05) is 8.59 Å². The topological polar surface area (TPSA) is 42.0 Å². The maximum atomic E-state index is 12.7. The fourth-order valence-corrected chi connectivity index (χ4v) is 2.29. The number of hydrogen-bond donors (Lipinski definition) is 1. The van der Waals surface area contributed by atoms with Crippen molar-refractivity contribution in [2.24, 2.45) is 0 Å². The van der Waals surface area contributed by atoms with Gasteiger partial charge in [-0.25, -0.2) is 9.37 Å². The van der Waals surface area contributed by atoms with Crippen molar-refractivity contribution in [2.45, 2.75) is 0 Å². The fourth-order valence-electron chi connectivity index (χ4n) is 1.29. The minimum atomic E-state index is -0.479. The zero-order valence-corrected chi connectivity index (χ0v) is 11.9. The lowest BCUT2D eigenvalue weighted by Crippen LogP contribution is -2.14. The SMILES string of the molecule is O=C(Nc1ccc(Cl)cc1I)c1ccc(F)cn1. The Morgan fingerprint density at radius 3 is 2.72 bits per heavy atom. The Kier molecular flexibility index (Phi) is 4.13. The van der Waals surface area contributed by atoms with Crippen LogP contribution in [0.2, 0.25) is 5.02 Å². The van der Waals surface area contributed by atoms with Crippen molar-refractivity contribution < 1.29 is 9.18 Å². The van der Waals surface area contributed by atoms with E-state index >= 15 is 0 Å². The van der Waals surface area contributed by atoms with Crippen LogP contribution in [0.3, 0.4) is 0 Å². The monoisotopic (exact) mass is 376 g/mol. The molecule has 0 unspecified atom stereocenters. The molecular formula is C12H7ClFIN2O. The molecule has 0 fully saturated rings. The number of rotatable bonds is 2. The molecule has 1 N–H and O–H groups in total. The van der Waals surface area contributed by atoms with Crippen LogP contribution in [0, 0.1) is 9.39 Å². The minimum absolute atomic E-state index is 0.155. The number of carbonyl (C=O) groups is 1. The Morgan fingerprint density at radius 2 is 2.11 bits per heavy atom. The highest BCUT2D eigenvalue weighted by Gasteiger charge is 2.09. The molecule has 2 aromatic rings. The molecule has 3 nitrogen and oxygen atoms in total. The van der Waals surface area contributed by atoms with Crippen LogP contribution in [0.5, 0.6) is 0 Å². The van der Waals surface area contributed by atoms with E-state index in [0.717, 1.165) is 9.77 Å². The van der Waals surface area contributed by atoms with Gasteiger partial charge in [-0.1, -0.05) is 11.6 Å². The number of amides is 1. The van der Waals surface area contributed by atoms with E-state index in [-0.39, 0.29) is 5.69 Å². The van der Waals surface area contributed by atoms with Gasteiger partial charge in [-0.05, 0) is 52.9 Å². The Morgan fingerprint density at radius 1 is 1.33 bits per heavy atom. The summed E-state index contributed by atoms with van der Waals surface area (Å²) in [7, 11) is 0. The van der Waals surface area contributed by atoms with Crippen LogP contribution in [0.15, 0.2) is 36.5 Å². The first-order valence-electron chi connectivity index (χ1n) is 4.94. The van der Waals surface area contributed by atoms with Crippen molar-refractivity contribution in [2.75, 3.05) is 5.32 Å². The molecule has 0 atom stereocenters. The number of carbonyl (C=O) groups excluding carboxylic acids is 1. The molecule has 1 aromatic heterocycles. The molecule has 1 heterocycles. The Hall–Kier alpha value is -1.21. The standard InChI is InChI=1S/C12H7ClFIN2O/c13-7-1-3-10(9(15)5-7)17-12(18)11-4-2-8(14)6-16-11/h1-6H,(H,17,18). The Labute approximate surface area is 122 Å². The zero-order valence-electron chi connectivity index (χ0n) is 8.95. The van der Waals surface area contributed by atoms with Crippen molar-refractivity contribution in [3.05, 3.63) is 56.6 Å². The quantitative estimate of drug-likeness (QED) is 0.812. The van der Waals surface area contributed by atoms with Gasteiger partial charge in [0.2, 0.25) is 0 Å². The smallest absolute Gasteiger partial charge is 0.274 e. The predicted octanol–water partition coefficient (Wildman–Crippen LogP) is 3.73. The molecule has 18 heavy (non-hydrogen) atoms. The van der Waals surface area contributed by atoms with Crippen molar-refractivity contribution in [3.8, 4) is 0 Å². The number of nitrogens with zero attached hydrogens (tertiary/aromatic N) is 1. The van der Waals surface area contributed by atoms with Gasteiger partial charge in [-0.3, -0.25) is 4.79 Å². The van der Waals surface area contributed by atoms with Crippen LogP contribution >= 0.6 is 34.2 Å². The third-order valence-electron chi connectivity index (χ3n) is 2.14. The van der Waals surface area contributed by atoms with Crippen LogP contribution in [0.1, 0.15) is 10.5 Å². The third-order valence-corrected chi connectivity index (χ3v) is 3.27. The second-order valence-electron chi connectivity index (χ2n) is 3.44. The third kappa shape index (κ3) is 3.17. The highest BCUT2D eigenvalue weighted by Crippen LogP contribution is 2.22. The number of nitrogens with one attached hydrogen (secondary N) is 1. The van der Waals surface area contributed by atoms with Crippen LogP contribution in [0.25, 0.3) is 0 Å². The molecule has 92 valence electrons. The van der Waals surface area contributed by atoms with Crippen molar-refractivity contribution in [1.82, 2.24) is 4.98 Å². The van der Waals surface area contributed by atoms with Gasteiger partial charge < -0.3 is 5.32 Å². The first kappa shape index (κ1) is 13.2. The number of halogens is 3. The highest BCUT2D eigenvalue weighted by atomic mass is 127. The molecule has 0 aliphatic rings. The summed E-state index contributed by atoms with van der Waals surface area (Å²) >= 11 is 7.88. The first-order chi connectivity index (χ1) is 8.56. The molecule has 1 aromatic carbocycles. The minimum Gasteiger partial charge on any atom is -0.320 e. The average Bonchev–Trinajstić information content (AvgIpc) is 2.33. The van der Waals surface area contributed by atoms with E-state index < -0.39 is 11.7 Å². The number of anilines is 1. The van der Waals surface area contributed by atoms with Crippen LogP contribution in [0.4, 0.5) is 10.1 Å². The molecule has 0 aliphatic carbocycles. The van der Waals surface area contributed by atoms with Crippen LogP contribution in [-0.2, 0) is 0 Å². The second-order valence-corrected chi connectivity index (χ2v) is 5.04. The number of benzene rings is 1. The number of pyridine rings is 1. The molecule has 0 saturated heterocycles. The van der Waals surface area contributed by atoms with Gasteiger partial charge in [0.1, 0.15) is 11.5 Å². The van der Waals surface area contributed by atoms with Crippen LogP contribution < -0.4 is 5.32 Å². The van der Waals surface area contributed by atoms with E-state index in [1.807, 2.05) is 0 Å². The van der Waals surface area contributed by atoms with E-state index in [0.29, 0.717) is 10.7 Å². The Bertz CT molecular complexity index is 589. The van der Waals surface area contributed by atoms with Gasteiger partial charge >= 0.3 is 0 Å². The average molecular weight is 377 g/mol. The molecular weight excluding hydrogens is 370 g/mol. The number of hydrogen-bond acceptors (Lipinski definition) is 2. The van der Waals surface area contributed by atoms with Gasteiger partial charge in [-0.2, -0.15) is 0 Å². The Balaban J connectivity index is 2.18. The lowest BCUT2D eigenvalue weighted by atomic mass is 10.3. The molecule has 0 saturated carbocycles. The van der Waals surface area contributed by atoms with Gasteiger partial charge in [0.15, 0.2) is 0 Å². The second kappa shape index (κ2) is 5.62. The lowest BCUT2D eigenvalue weighted by Gasteiger charge is -2.07. The maximum Gasteiger partial charge on any atom is 0.274 e. The molecule has 2 rings (SSSR count). The van der Waals surface area contributed by atoms with Crippen LogP contribution in [-0.4, -0.2) is 10.9 Å². The lowest BCUT2D eigenvalue weighted by molar-refractivity contribution is 0.102. The molecule has 1 amide bonds. The summed E-state index contributed by atoms with van der Waals surface area (Å²) in [6.45, 7) is 0. The summed E-state index contributed by atoms with van der Waals surface area (Å²) in [5.74, 6) is -0.872. The van der Waals surface area contributed by atoms with E-state index in [4.69, 9.17) is 11.6 Å². The van der Waals surface area contributed by atoms with E-state index in [9.17, 15) is 9.18 Å². The van der Waals surface area contributed by atoms with E-state index in [1.165, 1.54) is 12.1 Å². The normalized spacial score (nSPS) is 10.2. The zero-order chi connectivity index (χ0) is 13.1. The summed E-state index contributed by atoms with van der Waals surface area (Å²) < 4.78 is 13.5. The predicted molar refractivity (Wildman–Crippen MR) is 76.3 cm³/mol. The summed E-state index contributed by atoms with van der Waals surface area (Å²) in [4.78, 5) is 15.5. The van der Waals surface area contributed by atoms with Crippen molar-refractivity contribution in [3.63, 3.8) is 0 Å². The molecule has 0 radical (unpaired) electrons. The van der Waals surface area contributed by atoms with Gasteiger partial charge in [-0.15, -0.1) is 0 Å². The van der Waals surface area contributed by atoms with Crippen molar-refractivity contribution >= 4 is 45.8 Å². The van der Waals surface area contributed by atoms with Crippen molar-refractivity contribution in [1.29, 1.82) is 0 Å². The van der Waals surface area contributed by atoms with Gasteiger partial charge in [0.25, 0.3) is 5.91 Å².